The number of benzene rings is 2. The highest BCUT2D eigenvalue weighted by Gasteiger charge is 2.16. The van der Waals surface area contributed by atoms with Crippen LogP contribution in [-0.2, 0) is 30.7 Å². The van der Waals surface area contributed by atoms with Crippen LogP contribution in [0.15, 0.2) is 52.4 Å². The maximum Gasteiger partial charge on any atom is 0.326 e. The van der Waals surface area contributed by atoms with Crippen molar-refractivity contribution in [2.45, 2.75) is 38.1 Å². The summed E-state index contributed by atoms with van der Waals surface area (Å²) >= 11 is 1.25. The van der Waals surface area contributed by atoms with Gasteiger partial charge >= 0.3 is 5.97 Å². The number of aromatic nitrogens is 1. The second kappa shape index (κ2) is 10.8. The van der Waals surface area contributed by atoms with Crippen molar-refractivity contribution in [3.05, 3.63) is 52.8 Å². The normalized spacial score (nSPS) is 12.2. The third kappa shape index (κ3) is 6.29. The van der Waals surface area contributed by atoms with Gasteiger partial charge in [0.15, 0.2) is 14.6 Å². The number of nitrogens with zero attached hydrogens (tertiary/aromatic N) is 2. The van der Waals surface area contributed by atoms with Crippen molar-refractivity contribution in [3.8, 4) is 5.75 Å². The molecule has 0 N–H and O–H groups in total. The van der Waals surface area contributed by atoms with Crippen LogP contribution in [0.5, 0.6) is 5.75 Å². The zero-order chi connectivity index (χ0) is 24.0. The van der Waals surface area contributed by atoms with Gasteiger partial charge < -0.3 is 14.0 Å². The molecule has 0 radical (unpaired) electrons. The Kier molecular flexibility index (Phi) is 8.04. The monoisotopic (exact) mass is 490 g/mol. The van der Waals surface area contributed by atoms with Crippen LogP contribution in [0.2, 0.25) is 0 Å². The lowest BCUT2D eigenvalue weighted by atomic mass is 10.2. The number of hydrogen-bond acceptors (Lipinski definition) is 7. The number of esters is 1. The minimum Gasteiger partial charge on any atom is -0.497 e. The van der Waals surface area contributed by atoms with E-state index in [1.165, 1.54) is 11.3 Å². The van der Waals surface area contributed by atoms with Crippen LogP contribution in [0.1, 0.15) is 25.3 Å². The van der Waals surface area contributed by atoms with Crippen molar-refractivity contribution in [3.63, 3.8) is 0 Å². The molecule has 0 spiro atoms. The predicted octanol–water partition coefficient (Wildman–Crippen LogP) is 3.26. The Morgan fingerprint density at radius 3 is 2.52 bits per heavy atom. The van der Waals surface area contributed by atoms with E-state index in [2.05, 4.69) is 4.99 Å². The molecule has 0 atom stereocenters. The highest BCUT2D eigenvalue weighted by molar-refractivity contribution is 7.91. The molecule has 33 heavy (non-hydrogen) atoms. The summed E-state index contributed by atoms with van der Waals surface area (Å²) in [6, 6.07) is 12.0. The molecule has 0 unspecified atom stereocenters. The number of methoxy groups -OCH3 is 1. The summed E-state index contributed by atoms with van der Waals surface area (Å²) in [6.07, 6.45) is 0.122. The number of hydrogen-bond donors (Lipinski definition) is 0. The molecule has 0 aliphatic heterocycles. The fraction of sp³-hybridized carbons (Fsp3) is 0.348. The van der Waals surface area contributed by atoms with Crippen LogP contribution >= 0.6 is 11.3 Å². The summed E-state index contributed by atoms with van der Waals surface area (Å²) in [6.45, 7) is 3.76. The molecule has 1 amide bonds. The smallest absolute Gasteiger partial charge is 0.326 e. The van der Waals surface area contributed by atoms with Crippen LogP contribution in [0.3, 0.4) is 0 Å². The van der Waals surface area contributed by atoms with E-state index in [-0.39, 0.29) is 36.6 Å². The summed E-state index contributed by atoms with van der Waals surface area (Å²) in [5.74, 6) is -0.397. The molecule has 0 saturated carbocycles. The molecule has 0 aliphatic carbocycles. The Morgan fingerprint density at radius 2 is 1.85 bits per heavy atom. The van der Waals surface area contributed by atoms with E-state index in [1.807, 2.05) is 6.92 Å². The van der Waals surface area contributed by atoms with Crippen LogP contribution in [0, 0.1) is 6.92 Å². The SMILES string of the molecule is CCOC(=O)Cn1c(=NC(=O)CCCS(=O)(=O)c2ccc(C)cc2)sc2cc(OC)ccc21. The lowest BCUT2D eigenvalue weighted by Gasteiger charge is -2.06. The molecule has 10 heteroatoms. The first-order valence-corrected chi connectivity index (χ1v) is 12.9. The van der Waals surface area contributed by atoms with Crippen molar-refractivity contribution in [1.29, 1.82) is 0 Å². The second-order valence-electron chi connectivity index (χ2n) is 7.35. The van der Waals surface area contributed by atoms with Gasteiger partial charge in [-0.1, -0.05) is 29.0 Å². The zero-order valence-electron chi connectivity index (χ0n) is 18.7. The Bertz CT molecular complexity index is 1320. The first-order valence-electron chi connectivity index (χ1n) is 10.4. The summed E-state index contributed by atoms with van der Waals surface area (Å²) in [5, 5.41) is 0. The van der Waals surface area contributed by atoms with Crippen molar-refractivity contribution in [2.75, 3.05) is 19.5 Å². The minimum absolute atomic E-state index is 0.0257. The number of rotatable bonds is 9. The Balaban J connectivity index is 1.79. The van der Waals surface area contributed by atoms with Gasteiger partial charge in [-0.25, -0.2) is 8.42 Å². The van der Waals surface area contributed by atoms with E-state index >= 15 is 0 Å². The first-order chi connectivity index (χ1) is 15.7. The fourth-order valence-corrected chi connectivity index (χ4v) is 5.58. The van der Waals surface area contributed by atoms with Gasteiger partial charge in [-0.2, -0.15) is 4.99 Å². The van der Waals surface area contributed by atoms with Gasteiger partial charge in [-0.05, 0) is 50.6 Å². The average molecular weight is 491 g/mol. The van der Waals surface area contributed by atoms with Gasteiger partial charge in [0.25, 0.3) is 0 Å². The number of aryl methyl sites for hydroxylation is 1. The summed E-state index contributed by atoms with van der Waals surface area (Å²) in [7, 11) is -1.92. The van der Waals surface area contributed by atoms with E-state index < -0.39 is 21.7 Å². The zero-order valence-corrected chi connectivity index (χ0v) is 20.4. The van der Waals surface area contributed by atoms with Crippen molar-refractivity contribution in [1.82, 2.24) is 4.57 Å². The molecule has 0 aliphatic rings. The quantitative estimate of drug-likeness (QED) is 0.427. The summed E-state index contributed by atoms with van der Waals surface area (Å²) in [4.78, 5) is 29.4. The predicted molar refractivity (Wildman–Crippen MR) is 126 cm³/mol. The number of carbonyl (C=O) groups is 2. The molecular weight excluding hydrogens is 464 g/mol. The number of fused-ring (bicyclic) bond motifs is 1. The van der Waals surface area contributed by atoms with Crippen LogP contribution in [0.25, 0.3) is 10.2 Å². The maximum atomic E-state index is 12.5. The molecule has 8 nitrogen and oxygen atoms in total. The highest BCUT2D eigenvalue weighted by atomic mass is 32.2. The van der Waals surface area contributed by atoms with Crippen LogP contribution in [-0.4, -0.2) is 44.3 Å². The van der Waals surface area contributed by atoms with Crippen LogP contribution in [0.4, 0.5) is 0 Å². The molecule has 1 heterocycles. The van der Waals surface area contributed by atoms with Crippen molar-refractivity contribution < 1.29 is 27.5 Å². The molecule has 3 aromatic rings. The van der Waals surface area contributed by atoms with Gasteiger partial charge in [0.1, 0.15) is 12.3 Å². The molecule has 0 bridgehead atoms. The van der Waals surface area contributed by atoms with Gasteiger partial charge in [0.05, 0.1) is 34.6 Å². The number of thiazole rings is 1. The van der Waals surface area contributed by atoms with E-state index in [1.54, 1.807) is 61.1 Å². The number of ether oxygens (including phenoxy) is 2. The van der Waals surface area contributed by atoms with Gasteiger partial charge in [-0.15, -0.1) is 0 Å². The highest BCUT2D eigenvalue weighted by Crippen LogP contribution is 2.23. The molecule has 0 saturated heterocycles. The third-order valence-corrected chi connectivity index (χ3v) is 7.74. The Hall–Kier alpha value is -2.98. The molecule has 2 aromatic carbocycles. The van der Waals surface area contributed by atoms with Crippen LogP contribution < -0.4 is 9.54 Å². The molecule has 176 valence electrons. The largest absolute Gasteiger partial charge is 0.497 e. The lowest BCUT2D eigenvalue weighted by molar-refractivity contribution is -0.143. The third-order valence-electron chi connectivity index (χ3n) is 4.89. The topological polar surface area (TPSA) is 104 Å². The van der Waals surface area contributed by atoms with Gasteiger partial charge in [-0.3, -0.25) is 9.59 Å². The molecule has 1 aromatic heterocycles. The minimum atomic E-state index is -3.48. The first kappa shape index (κ1) is 24.7. The van der Waals surface area contributed by atoms with E-state index in [9.17, 15) is 18.0 Å². The van der Waals surface area contributed by atoms with Crippen molar-refractivity contribution >= 4 is 43.3 Å². The summed E-state index contributed by atoms with van der Waals surface area (Å²) in [5.41, 5.74) is 1.70. The van der Waals surface area contributed by atoms with E-state index in [4.69, 9.17) is 9.47 Å². The van der Waals surface area contributed by atoms with E-state index in [0.717, 1.165) is 15.8 Å². The molecular formula is C23H26N2O6S2. The standard InChI is InChI=1S/C23H26N2O6S2/c1-4-31-22(27)15-25-19-12-9-17(30-3)14-20(19)32-23(25)24-21(26)6-5-13-33(28,29)18-10-7-16(2)8-11-18/h7-12,14H,4-6,13,15H2,1-3H3. The average Bonchev–Trinajstić information content (AvgIpc) is 3.09. The number of sulfone groups is 1. The van der Waals surface area contributed by atoms with Gasteiger partial charge in [0, 0.05) is 6.42 Å². The number of carbonyl (C=O) groups excluding carboxylic acids is 2. The second-order valence-corrected chi connectivity index (χ2v) is 10.5. The maximum absolute atomic E-state index is 12.5. The summed E-state index contributed by atoms with van der Waals surface area (Å²) < 4.78 is 37.7. The fourth-order valence-electron chi connectivity index (χ4n) is 3.19. The molecule has 3 rings (SSSR count). The van der Waals surface area contributed by atoms with Gasteiger partial charge in [0.2, 0.25) is 5.91 Å². The molecule has 0 fully saturated rings. The number of amides is 1. The lowest BCUT2D eigenvalue weighted by Crippen LogP contribution is -2.23. The Morgan fingerprint density at radius 1 is 1.12 bits per heavy atom. The Labute approximate surface area is 196 Å². The van der Waals surface area contributed by atoms with Crippen molar-refractivity contribution in [2.24, 2.45) is 4.99 Å². The van der Waals surface area contributed by atoms with E-state index in [0.29, 0.717) is 10.6 Å².